The highest BCUT2D eigenvalue weighted by atomic mass is 16.5. The number of rotatable bonds is 3. The second-order valence-corrected chi connectivity index (χ2v) is 4.50. The fraction of sp³-hybridized carbons (Fsp3) is 0.909. The maximum atomic E-state index is 12.0. The van der Waals surface area contributed by atoms with Gasteiger partial charge in [0.15, 0.2) is 0 Å². The van der Waals surface area contributed by atoms with Crippen LogP contribution in [-0.4, -0.2) is 42.6 Å². The van der Waals surface area contributed by atoms with Crippen molar-refractivity contribution in [3.05, 3.63) is 0 Å². The molecule has 1 rings (SSSR count). The van der Waals surface area contributed by atoms with E-state index in [1.807, 2.05) is 11.8 Å². The van der Waals surface area contributed by atoms with Gasteiger partial charge in [-0.2, -0.15) is 0 Å². The minimum Gasteiger partial charge on any atom is -0.381 e. The lowest BCUT2D eigenvalue weighted by Gasteiger charge is -2.36. The quantitative estimate of drug-likeness (QED) is 0.754. The van der Waals surface area contributed by atoms with E-state index in [4.69, 9.17) is 10.5 Å². The highest BCUT2D eigenvalue weighted by Crippen LogP contribution is 2.17. The number of nitrogens with two attached hydrogens (primary N) is 1. The van der Waals surface area contributed by atoms with Gasteiger partial charge in [-0.3, -0.25) is 4.79 Å². The molecule has 1 heterocycles. The molecular formula is C11H22N2O2. The molecule has 1 atom stereocenters. The molecule has 0 aliphatic carbocycles. The second kappa shape index (κ2) is 4.94. The van der Waals surface area contributed by atoms with Crippen LogP contribution >= 0.6 is 0 Å². The van der Waals surface area contributed by atoms with Crippen LogP contribution in [-0.2, 0) is 9.53 Å². The summed E-state index contributed by atoms with van der Waals surface area (Å²) in [6.45, 7) is 5.28. The highest BCUT2D eigenvalue weighted by molar-refractivity contribution is 5.85. The Morgan fingerprint density at radius 1 is 1.53 bits per heavy atom. The molecular weight excluding hydrogens is 192 g/mol. The van der Waals surface area contributed by atoms with Crippen LogP contribution in [0.1, 0.15) is 33.1 Å². The van der Waals surface area contributed by atoms with Gasteiger partial charge in [-0.05, 0) is 26.2 Å². The molecule has 1 unspecified atom stereocenters. The lowest BCUT2D eigenvalue weighted by Crippen LogP contribution is -2.55. The SMILES string of the molecule is CCC(C)(N)C(=O)N1CCC(OC)CC1. The van der Waals surface area contributed by atoms with Crippen molar-refractivity contribution in [3.63, 3.8) is 0 Å². The molecule has 0 bridgehead atoms. The first-order valence-electron chi connectivity index (χ1n) is 5.62. The number of piperidine rings is 1. The molecule has 0 aromatic rings. The van der Waals surface area contributed by atoms with E-state index in [9.17, 15) is 4.79 Å². The summed E-state index contributed by atoms with van der Waals surface area (Å²) < 4.78 is 5.26. The first kappa shape index (κ1) is 12.5. The number of ether oxygens (including phenoxy) is 1. The minimum atomic E-state index is -0.708. The van der Waals surface area contributed by atoms with Crippen LogP contribution in [0, 0.1) is 0 Å². The molecule has 0 spiro atoms. The number of carbonyl (C=O) groups excluding carboxylic acids is 1. The molecule has 0 radical (unpaired) electrons. The Hall–Kier alpha value is -0.610. The molecule has 15 heavy (non-hydrogen) atoms. The Kier molecular flexibility index (Phi) is 4.11. The Bertz CT molecular complexity index is 221. The minimum absolute atomic E-state index is 0.0690. The number of hydrogen-bond acceptors (Lipinski definition) is 3. The molecule has 4 heteroatoms. The van der Waals surface area contributed by atoms with Crippen LogP contribution in [0.5, 0.6) is 0 Å². The maximum absolute atomic E-state index is 12.0. The van der Waals surface area contributed by atoms with Gasteiger partial charge in [-0.25, -0.2) is 0 Å². The summed E-state index contributed by atoms with van der Waals surface area (Å²) in [4.78, 5) is 13.9. The summed E-state index contributed by atoms with van der Waals surface area (Å²) in [5.41, 5.74) is 5.23. The second-order valence-electron chi connectivity index (χ2n) is 4.50. The lowest BCUT2D eigenvalue weighted by atomic mass is 9.96. The zero-order chi connectivity index (χ0) is 11.5. The van der Waals surface area contributed by atoms with E-state index in [1.165, 1.54) is 0 Å². The number of carbonyl (C=O) groups is 1. The molecule has 1 aliphatic rings. The van der Waals surface area contributed by atoms with Gasteiger partial charge in [0.2, 0.25) is 5.91 Å². The van der Waals surface area contributed by atoms with E-state index >= 15 is 0 Å². The molecule has 4 nitrogen and oxygen atoms in total. The summed E-state index contributed by atoms with van der Waals surface area (Å²) in [5.74, 6) is 0.0690. The summed E-state index contributed by atoms with van der Waals surface area (Å²) in [5, 5.41) is 0. The predicted molar refractivity (Wildman–Crippen MR) is 59.5 cm³/mol. The van der Waals surface area contributed by atoms with Gasteiger partial charge >= 0.3 is 0 Å². The summed E-state index contributed by atoms with van der Waals surface area (Å²) in [7, 11) is 1.72. The van der Waals surface area contributed by atoms with Gasteiger partial charge in [-0.15, -0.1) is 0 Å². The van der Waals surface area contributed by atoms with E-state index in [1.54, 1.807) is 14.0 Å². The fourth-order valence-corrected chi connectivity index (χ4v) is 1.81. The number of amides is 1. The summed E-state index contributed by atoms with van der Waals surface area (Å²) in [6.07, 6.45) is 2.82. The molecule has 1 amide bonds. The third-order valence-electron chi connectivity index (χ3n) is 3.29. The number of hydrogen-bond donors (Lipinski definition) is 1. The van der Waals surface area contributed by atoms with Crippen LogP contribution in [0.2, 0.25) is 0 Å². The fourth-order valence-electron chi connectivity index (χ4n) is 1.81. The molecule has 0 saturated carbocycles. The zero-order valence-corrected chi connectivity index (χ0v) is 9.95. The Morgan fingerprint density at radius 3 is 2.47 bits per heavy atom. The average Bonchev–Trinajstić information content (AvgIpc) is 2.28. The van der Waals surface area contributed by atoms with E-state index in [0.29, 0.717) is 12.5 Å². The number of methoxy groups -OCH3 is 1. The Balaban J connectivity index is 2.50. The Morgan fingerprint density at radius 2 is 2.07 bits per heavy atom. The van der Waals surface area contributed by atoms with Crippen molar-refractivity contribution in [1.82, 2.24) is 4.90 Å². The normalized spacial score (nSPS) is 22.5. The number of nitrogens with zero attached hydrogens (tertiary/aromatic N) is 1. The van der Waals surface area contributed by atoms with Crippen molar-refractivity contribution in [2.45, 2.75) is 44.8 Å². The van der Waals surface area contributed by atoms with Crippen LogP contribution in [0.3, 0.4) is 0 Å². The first-order chi connectivity index (χ1) is 7.01. The van der Waals surface area contributed by atoms with Crippen LogP contribution in [0.4, 0.5) is 0 Å². The van der Waals surface area contributed by atoms with Gasteiger partial charge in [0.1, 0.15) is 0 Å². The molecule has 1 fully saturated rings. The summed E-state index contributed by atoms with van der Waals surface area (Å²) >= 11 is 0. The van der Waals surface area contributed by atoms with E-state index in [-0.39, 0.29) is 5.91 Å². The average molecular weight is 214 g/mol. The van der Waals surface area contributed by atoms with Crippen LogP contribution in [0.25, 0.3) is 0 Å². The van der Waals surface area contributed by atoms with Gasteiger partial charge in [0.05, 0.1) is 11.6 Å². The van der Waals surface area contributed by atoms with Gasteiger partial charge in [-0.1, -0.05) is 6.92 Å². The van der Waals surface area contributed by atoms with Crippen LogP contribution < -0.4 is 5.73 Å². The van der Waals surface area contributed by atoms with Gasteiger partial charge < -0.3 is 15.4 Å². The molecule has 1 saturated heterocycles. The highest BCUT2D eigenvalue weighted by Gasteiger charge is 2.32. The monoisotopic (exact) mass is 214 g/mol. The number of likely N-dealkylation sites (tertiary alicyclic amines) is 1. The smallest absolute Gasteiger partial charge is 0.242 e. The third-order valence-corrected chi connectivity index (χ3v) is 3.29. The van der Waals surface area contributed by atoms with Crippen molar-refractivity contribution in [2.75, 3.05) is 20.2 Å². The van der Waals surface area contributed by atoms with Crippen molar-refractivity contribution < 1.29 is 9.53 Å². The summed E-state index contributed by atoms with van der Waals surface area (Å²) in [6, 6.07) is 0. The van der Waals surface area contributed by atoms with Crippen molar-refractivity contribution in [1.29, 1.82) is 0 Å². The first-order valence-corrected chi connectivity index (χ1v) is 5.62. The zero-order valence-electron chi connectivity index (χ0n) is 9.95. The topological polar surface area (TPSA) is 55.6 Å². The lowest BCUT2D eigenvalue weighted by molar-refractivity contribution is -0.138. The third kappa shape index (κ3) is 2.92. The largest absolute Gasteiger partial charge is 0.381 e. The predicted octanol–water partition coefficient (Wildman–Crippen LogP) is 0.751. The molecule has 0 aromatic heterocycles. The van der Waals surface area contributed by atoms with Crippen LogP contribution in [0.15, 0.2) is 0 Å². The van der Waals surface area contributed by atoms with Gasteiger partial charge in [0, 0.05) is 20.2 Å². The molecule has 1 aliphatic heterocycles. The van der Waals surface area contributed by atoms with Crippen molar-refractivity contribution >= 4 is 5.91 Å². The Labute approximate surface area is 91.8 Å². The maximum Gasteiger partial charge on any atom is 0.242 e. The van der Waals surface area contributed by atoms with Crippen molar-refractivity contribution in [3.8, 4) is 0 Å². The molecule has 0 aromatic carbocycles. The van der Waals surface area contributed by atoms with E-state index < -0.39 is 5.54 Å². The molecule has 2 N–H and O–H groups in total. The van der Waals surface area contributed by atoms with Crippen molar-refractivity contribution in [2.24, 2.45) is 5.73 Å². The standard InChI is InChI=1S/C11H22N2O2/c1-4-11(2,12)10(14)13-7-5-9(15-3)6-8-13/h9H,4-8,12H2,1-3H3. The van der Waals surface area contributed by atoms with E-state index in [0.717, 1.165) is 25.9 Å². The molecule has 88 valence electrons. The van der Waals surface area contributed by atoms with E-state index in [2.05, 4.69) is 0 Å². The van der Waals surface area contributed by atoms with Gasteiger partial charge in [0.25, 0.3) is 0 Å².